The fourth-order valence-corrected chi connectivity index (χ4v) is 0.863. The van der Waals surface area contributed by atoms with Gasteiger partial charge in [0.1, 0.15) is 0 Å². The average molecular weight is 188 g/mol. The molecule has 4 heteroatoms. The van der Waals surface area contributed by atoms with Crippen LogP contribution >= 0.6 is 0 Å². The zero-order valence-corrected chi connectivity index (χ0v) is 8.27. The van der Waals surface area contributed by atoms with Gasteiger partial charge < -0.3 is 14.6 Å². The third-order valence-corrected chi connectivity index (χ3v) is 1.64. The lowest BCUT2D eigenvalue weighted by Crippen LogP contribution is -2.19. The Hall–Kier alpha value is -0.630. The van der Waals surface area contributed by atoms with Crippen molar-refractivity contribution in [3.8, 4) is 6.57 Å². The van der Waals surface area contributed by atoms with E-state index >= 15 is 0 Å². The van der Waals surface area contributed by atoms with E-state index in [0.717, 1.165) is 12.8 Å². The van der Waals surface area contributed by atoms with Gasteiger partial charge in [-0.05, 0) is 6.42 Å². The Morgan fingerprint density at radius 1 is 1.54 bits per heavy atom. The maximum Gasteiger partial charge on any atom is 0.269 e. The first-order chi connectivity index (χ1) is 6.20. The first-order valence-electron chi connectivity index (χ1n) is 4.39. The number of methoxy groups -OCH3 is 1. The minimum atomic E-state index is -0.824. The van der Waals surface area contributed by atoms with Crippen molar-refractivity contribution in [3.05, 3.63) is 4.85 Å². The van der Waals surface area contributed by atoms with Crippen molar-refractivity contribution in [2.75, 3.05) is 20.3 Å². The van der Waals surface area contributed by atoms with Crippen LogP contribution in [0.3, 0.4) is 0 Å². The number of nitrogens with zero attached hydrogens (tertiary/aromatic N) is 1. The fraction of sp³-hybridized carbons (Fsp3) is 0.889. The van der Waals surface area contributed by atoms with Gasteiger partial charge in [0, 0.05) is 20.5 Å². The van der Waals surface area contributed by atoms with Crippen LogP contribution in [0.25, 0.3) is 4.85 Å². The second kappa shape index (κ2) is 7.99. The average Bonchev–Trinajstić information content (AvgIpc) is 2.12. The molecule has 0 aromatic rings. The summed E-state index contributed by atoms with van der Waals surface area (Å²) in [5.41, 5.74) is 0. The molecule has 0 aliphatic carbocycles. The fourth-order valence-electron chi connectivity index (χ4n) is 0.863. The van der Waals surface area contributed by atoms with E-state index in [1.807, 2.05) is 6.92 Å². The first kappa shape index (κ1) is 12.4. The van der Waals surface area contributed by atoms with Crippen molar-refractivity contribution >= 4 is 0 Å². The van der Waals surface area contributed by atoms with Gasteiger partial charge in [-0.3, -0.25) is 0 Å². The smallest absolute Gasteiger partial charge is 0.269 e. The molecule has 0 aliphatic rings. The van der Waals surface area contributed by atoms with Gasteiger partial charge in [-0.1, -0.05) is 4.85 Å². The predicted molar refractivity (Wildman–Crippen MR) is 50.8 cm³/mol. The first-order valence-corrected chi connectivity index (χ1v) is 4.39. The molecule has 0 fully saturated rings. The molecular weight excluding hydrogens is 170 g/mol. The van der Waals surface area contributed by atoms with Crippen LogP contribution < -0.4 is 0 Å². The maximum atomic E-state index is 9.08. The van der Waals surface area contributed by atoms with Crippen LogP contribution in [-0.2, 0) is 9.47 Å². The normalized spacial score (nSPS) is 14.9. The van der Waals surface area contributed by atoms with Crippen molar-refractivity contribution < 1.29 is 14.6 Å². The molecule has 2 unspecified atom stereocenters. The predicted octanol–water partition coefficient (Wildman–Crippen LogP) is 1.10. The molecule has 0 bridgehead atoms. The monoisotopic (exact) mass is 188 g/mol. The zero-order valence-electron chi connectivity index (χ0n) is 8.27. The third kappa shape index (κ3) is 7.72. The van der Waals surface area contributed by atoms with Crippen LogP contribution in [0.2, 0.25) is 0 Å². The number of hydrogen-bond donors (Lipinski definition) is 1. The molecule has 2 atom stereocenters. The SMILES string of the molecule is C#[N+]C(C)CCCOC(O)COC. The van der Waals surface area contributed by atoms with Gasteiger partial charge in [0.25, 0.3) is 12.6 Å². The number of ether oxygens (including phenoxy) is 2. The Morgan fingerprint density at radius 3 is 2.77 bits per heavy atom. The van der Waals surface area contributed by atoms with Crippen molar-refractivity contribution in [2.45, 2.75) is 32.1 Å². The van der Waals surface area contributed by atoms with Crippen LogP contribution in [0.5, 0.6) is 0 Å². The lowest BCUT2D eigenvalue weighted by atomic mass is 10.2. The Bertz CT molecular complexity index is 155. The van der Waals surface area contributed by atoms with Crippen LogP contribution in [0.4, 0.5) is 0 Å². The number of hydrogen-bond acceptors (Lipinski definition) is 3. The molecule has 0 aliphatic heterocycles. The number of aliphatic hydroxyl groups is 1. The van der Waals surface area contributed by atoms with Gasteiger partial charge in [-0.25, -0.2) is 0 Å². The molecule has 0 amide bonds. The molecule has 76 valence electrons. The van der Waals surface area contributed by atoms with E-state index < -0.39 is 6.29 Å². The summed E-state index contributed by atoms with van der Waals surface area (Å²) in [6, 6.07) is 0.156. The van der Waals surface area contributed by atoms with Crippen LogP contribution in [0.1, 0.15) is 19.8 Å². The molecule has 0 saturated heterocycles. The van der Waals surface area contributed by atoms with E-state index in [9.17, 15) is 0 Å². The Labute approximate surface area is 79.3 Å². The highest BCUT2D eigenvalue weighted by Crippen LogP contribution is 2.01. The van der Waals surface area contributed by atoms with Gasteiger partial charge in [0.05, 0.1) is 13.2 Å². The summed E-state index contributed by atoms with van der Waals surface area (Å²) in [5, 5.41) is 9.08. The van der Waals surface area contributed by atoms with E-state index in [-0.39, 0.29) is 12.6 Å². The van der Waals surface area contributed by atoms with Gasteiger partial charge >= 0.3 is 0 Å². The van der Waals surface area contributed by atoms with Crippen LogP contribution in [0.15, 0.2) is 0 Å². The van der Waals surface area contributed by atoms with Crippen LogP contribution in [0, 0.1) is 6.57 Å². The Kier molecular flexibility index (Phi) is 7.60. The van der Waals surface area contributed by atoms with E-state index in [1.54, 1.807) is 0 Å². The van der Waals surface area contributed by atoms with E-state index in [4.69, 9.17) is 16.4 Å². The van der Waals surface area contributed by atoms with Gasteiger partial charge in [-0.15, -0.1) is 0 Å². The molecule has 0 radical (unpaired) electrons. The lowest BCUT2D eigenvalue weighted by molar-refractivity contribution is -0.131. The van der Waals surface area contributed by atoms with E-state index in [0.29, 0.717) is 6.61 Å². The summed E-state index contributed by atoms with van der Waals surface area (Å²) in [6.07, 6.45) is 0.883. The molecule has 13 heavy (non-hydrogen) atoms. The minimum absolute atomic E-state index is 0.156. The summed E-state index contributed by atoms with van der Waals surface area (Å²) in [4.78, 5) is 3.60. The van der Waals surface area contributed by atoms with Gasteiger partial charge in [0.2, 0.25) is 0 Å². The number of rotatable bonds is 7. The second-order valence-electron chi connectivity index (χ2n) is 2.92. The molecule has 0 spiro atoms. The molecule has 4 nitrogen and oxygen atoms in total. The van der Waals surface area contributed by atoms with Gasteiger partial charge in [0.15, 0.2) is 6.29 Å². The van der Waals surface area contributed by atoms with Crippen molar-refractivity contribution in [3.63, 3.8) is 0 Å². The summed E-state index contributed by atoms with van der Waals surface area (Å²) in [5.74, 6) is 0. The Morgan fingerprint density at radius 2 is 2.23 bits per heavy atom. The third-order valence-electron chi connectivity index (χ3n) is 1.64. The highest BCUT2D eigenvalue weighted by Gasteiger charge is 2.08. The summed E-state index contributed by atoms with van der Waals surface area (Å²) in [7, 11) is 1.52. The minimum Gasteiger partial charge on any atom is -0.379 e. The van der Waals surface area contributed by atoms with Crippen molar-refractivity contribution in [1.82, 2.24) is 0 Å². The topological polar surface area (TPSA) is 43.0 Å². The maximum absolute atomic E-state index is 9.08. The summed E-state index contributed by atoms with van der Waals surface area (Å²) < 4.78 is 9.71. The lowest BCUT2D eigenvalue weighted by Gasteiger charge is -2.09. The molecule has 0 rings (SSSR count). The molecule has 1 N–H and O–H groups in total. The Balaban J connectivity index is 3.21. The largest absolute Gasteiger partial charge is 0.379 e. The van der Waals surface area contributed by atoms with E-state index in [2.05, 4.69) is 9.58 Å². The molecule has 0 heterocycles. The molecule has 0 saturated carbocycles. The molecular formula is C9H18NO3+. The highest BCUT2D eigenvalue weighted by atomic mass is 16.6. The standard InChI is InChI=1S/C9H18NO3/c1-8(10-2)5-4-6-13-9(11)7-12-3/h2,8-9,11H,4-7H2,1,3H3/q+1. The van der Waals surface area contributed by atoms with Crippen molar-refractivity contribution in [1.29, 1.82) is 0 Å². The molecule has 0 aromatic carbocycles. The molecule has 0 aromatic heterocycles. The quantitative estimate of drug-likeness (QED) is 0.480. The van der Waals surface area contributed by atoms with Crippen molar-refractivity contribution in [2.24, 2.45) is 0 Å². The summed E-state index contributed by atoms with van der Waals surface area (Å²) in [6.45, 7) is 7.72. The zero-order chi connectivity index (χ0) is 10.1. The second-order valence-corrected chi connectivity index (χ2v) is 2.92. The van der Waals surface area contributed by atoms with Gasteiger partial charge in [-0.2, -0.15) is 0 Å². The van der Waals surface area contributed by atoms with E-state index in [1.165, 1.54) is 7.11 Å². The summed E-state index contributed by atoms with van der Waals surface area (Å²) >= 11 is 0. The number of aliphatic hydroxyl groups excluding tert-OH is 1. The van der Waals surface area contributed by atoms with Crippen LogP contribution in [-0.4, -0.2) is 37.8 Å². The highest BCUT2D eigenvalue weighted by molar-refractivity contribution is 4.76.